The molecular weight excluding hydrogens is 458 g/mol. The first-order chi connectivity index (χ1) is 17.0. The SMILES string of the molecule is CCOc1ccc(-n2c(SC(C)C(=O)NC(C)C3CC4CCC3C4)nnc2-c2ccncc2)cc1. The van der Waals surface area contributed by atoms with Gasteiger partial charge in [0.2, 0.25) is 5.91 Å². The van der Waals surface area contributed by atoms with Gasteiger partial charge in [-0.2, -0.15) is 0 Å². The molecular formula is C27H33N5O2S. The number of nitrogens with zero attached hydrogens (tertiary/aromatic N) is 4. The Morgan fingerprint density at radius 2 is 1.89 bits per heavy atom. The number of carbonyl (C=O) groups excluding carboxylic acids is 1. The highest BCUT2D eigenvalue weighted by molar-refractivity contribution is 8.00. The van der Waals surface area contributed by atoms with E-state index in [1.165, 1.54) is 37.4 Å². The van der Waals surface area contributed by atoms with Crippen LogP contribution in [-0.2, 0) is 4.79 Å². The van der Waals surface area contributed by atoms with E-state index in [-0.39, 0.29) is 17.2 Å². The number of pyridine rings is 1. The molecule has 5 unspecified atom stereocenters. The number of fused-ring (bicyclic) bond motifs is 2. The smallest absolute Gasteiger partial charge is 0.233 e. The minimum absolute atomic E-state index is 0.0528. The molecule has 1 amide bonds. The summed E-state index contributed by atoms with van der Waals surface area (Å²) in [5, 5.41) is 12.6. The average molecular weight is 492 g/mol. The zero-order chi connectivity index (χ0) is 24.4. The molecule has 1 aromatic carbocycles. The van der Waals surface area contributed by atoms with Crippen LogP contribution in [0.3, 0.4) is 0 Å². The van der Waals surface area contributed by atoms with Crippen LogP contribution in [0.4, 0.5) is 0 Å². The minimum atomic E-state index is -0.299. The molecule has 0 saturated heterocycles. The van der Waals surface area contributed by atoms with Crippen LogP contribution in [0.2, 0.25) is 0 Å². The Morgan fingerprint density at radius 3 is 2.54 bits per heavy atom. The molecule has 2 saturated carbocycles. The van der Waals surface area contributed by atoms with Crippen LogP contribution in [-0.4, -0.2) is 43.6 Å². The number of rotatable bonds is 9. The molecule has 5 rings (SSSR count). The number of hydrogen-bond donors (Lipinski definition) is 1. The van der Waals surface area contributed by atoms with Crippen molar-refractivity contribution >= 4 is 17.7 Å². The van der Waals surface area contributed by atoms with E-state index in [1.54, 1.807) is 12.4 Å². The number of thioether (sulfide) groups is 1. The molecule has 2 aliphatic carbocycles. The van der Waals surface area contributed by atoms with Crippen LogP contribution in [0.5, 0.6) is 5.75 Å². The topological polar surface area (TPSA) is 81.9 Å². The van der Waals surface area contributed by atoms with Gasteiger partial charge in [-0.15, -0.1) is 10.2 Å². The molecule has 2 heterocycles. The summed E-state index contributed by atoms with van der Waals surface area (Å²) in [7, 11) is 0. The predicted molar refractivity (Wildman–Crippen MR) is 138 cm³/mol. The van der Waals surface area contributed by atoms with Crippen LogP contribution in [0.1, 0.15) is 46.5 Å². The van der Waals surface area contributed by atoms with Crippen molar-refractivity contribution in [3.63, 3.8) is 0 Å². The van der Waals surface area contributed by atoms with Gasteiger partial charge in [-0.25, -0.2) is 0 Å². The lowest BCUT2D eigenvalue weighted by atomic mass is 9.84. The quantitative estimate of drug-likeness (QED) is 0.417. The monoisotopic (exact) mass is 491 g/mol. The summed E-state index contributed by atoms with van der Waals surface area (Å²) in [5.41, 5.74) is 1.82. The molecule has 35 heavy (non-hydrogen) atoms. The van der Waals surface area contributed by atoms with Crippen molar-refractivity contribution in [2.24, 2.45) is 17.8 Å². The zero-order valence-corrected chi connectivity index (χ0v) is 21.4. The van der Waals surface area contributed by atoms with Crippen LogP contribution < -0.4 is 10.1 Å². The fourth-order valence-electron chi connectivity index (χ4n) is 5.69. The van der Waals surface area contributed by atoms with Crippen LogP contribution in [0, 0.1) is 17.8 Å². The number of benzene rings is 1. The van der Waals surface area contributed by atoms with Gasteiger partial charge in [-0.1, -0.05) is 18.2 Å². The third-order valence-corrected chi connectivity index (χ3v) is 8.48. The average Bonchev–Trinajstić information content (AvgIpc) is 3.61. The van der Waals surface area contributed by atoms with Crippen LogP contribution in [0.15, 0.2) is 53.9 Å². The summed E-state index contributed by atoms with van der Waals surface area (Å²) in [4.78, 5) is 17.3. The molecule has 0 radical (unpaired) electrons. The van der Waals surface area contributed by atoms with Crippen LogP contribution in [0.25, 0.3) is 17.1 Å². The van der Waals surface area contributed by atoms with E-state index < -0.39 is 0 Å². The Hall–Kier alpha value is -2.87. The van der Waals surface area contributed by atoms with E-state index in [0.717, 1.165) is 28.8 Å². The molecule has 2 bridgehead atoms. The summed E-state index contributed by atoms with van der Waals surface area (Å²) >= 11 is 1.43. The van der Waals surface area contributed by atoms with Crippen molar-refractivity contribution in [2.45, 2.75) is 62.9 Å². The second-order valence-electron chi connectivity index (χ2n) is 9.70. The maximum atomic E-state index is 13.1. The van der Waals surface area contributed by atoms with Crippen LogP contribution >= 0.6 is 11.8 Å². The third-order valence-electron chi connectivity index (χ3n) is 7.43. The molecule has 2 aliphatic rings. The third kappa shape index (κ3) is 5.08. The first-order valence-electron chi connectivity index (χ1n) is 12.6. The molecule has 3 aromatic rings. The molecule has 0 spiro atoms. The van der Waals surface area contributed by atoms with Gasteiger partial charge in [0.25, 0.3) is 0 Å². The Balaban J connectivity index is 1.36. The van der Waals surface area contributed by atoms with E-state index in [0.29, 0.717) is 23.5 Å². The number of ether oxygens (including phenoxy) is 1. The highest BCUT2D eigenvalue weighted by Gasteiger charge is 2.42. The van der Waals surface area contributed by atoms with Gasteiger partial charge in [-0.05, 0) is 94.2 Å². The number of hydrogen-bond acceptors (Lipinski definition) is 6. The van der Waals surface area contributed by atoms with Crippen molar-refractivity contribution in [3.8, 4) is 22.8 Å². The van der Waals surface area contributed by atoms with Gasteiger partial charge in [-0.3, -0.25) is 14.3 Å². The second-order valence-corrected chi connectivity index (χ2v) is 11.0. The first kappa shape index (κ1) is 23.9. The predicted octanol–water partition coefficient (Wildman–Crippen LogP) is 5.15. The Labute approximate surface area is 211 Å². The largest absolute Gasteiger partial charge is 0.494 e. The van der Waals surface area contributed by atoms with Gasteiger partial charge >= 0.3 is 0 Å². The van der Waals surface area contributed by atoms with E-state index >= 15 is 0 Å². The normalized spacial score (nSPS) is 22.7. The summed E-state index contributed by atoms with van der Waals surface area (Å²) in [6.07, 6.45) is 8.78. The first-order valence-corrected chi connectivity index (χ1v) is 13.5. The fourth-order valence-corrected chi connectivity index (χ4v) is 6.57. The zero-order valence-electron chi connectivity index (χ0n) is 20.6. The van der Waals surface area contributed by atoms with E-state index in [9.17, 15) is 4.79 Å². The second kappa shape index (κ2) is 10.4. The summed E-state index contributed by atoms with van der Waals surface area (Å²) in [5.74, 6) is 3.84. The lowest BCUT2D eigenvalue weighted by Crippen LogP contribution is -2.43. The molecule has 2 aromatic heterocycles. The Kier molecular flexibility index (Phi) is 7.09. The molecule has 2 fully saturated rings. The van der Waals surface area contributed by atoms with E-state index in [2.05, 4.69) is 27.4 Å². The molecule has 184 valence electrons. The highest BCUT2D eigenvalue weighted by Crippen LogP contribution is 2.49. The standard InChI is InChI=1S/C27H33N5O2S/c1-4-34-23-9-7-22(8-10-23)32-25(20-11-13-28-14-12-20)30-31-27(32)35-18(3)26(33)29-17(2)24-16-19-5-6-21(24)15-19/h7-14,17-19,21,24H,4-6,15-16H2,1-3H3,(H,29,33). The van der Waals surface area contributed by atoms with E-state index in [1.807, 2.05) is 54.8 Å². The van der Waals surface area contributed by atoms with Gasteiger partial charge in [0.05, 0.1) is 11.9 Å². The van der Waals surface area contributed by atoms with Gasteiger partial charge in [0.15, 0.2) is 11.0 Å². The highest BCUT2D eigenvalue weighted by atomic mass is 32.2. The van der Waals surface area contributed by atoms with Gasteiger partial charge in [0.1, 0.15) is 5.75 Å². The number of nitrogens with one attached hydrogen (secondary N) is 1. The lowest BCUT2D eigenvalue weighted by molar-refractivity contribution is -0.121. The number of amides is 1. The maximum Gasteiger partial charge on any atom is 0.233 e. The Morgan fingerprint density at radius 1 is 1.11 bits per heavy atom. The molecule has 1 N–H and O–H groups in total. The fraction of sp³-hybridized carbons (Fsp3) is 0.481. The summed E-state index contributed by atoms with van der Waals surface area (Å²) in [6.45, 7) is 6.69. The van der Waals surface area contributed by atoms with Crippen molar-refractivity contribution < 1.29 is 9.53 Å². The van der Waals surface area contributed by atoms with Crippen molar-refractivity contribution in [1.29, 1.82) is 0 Å². The molecule has 8 heteroatoms. The molecule has 0 aliphatic heterocycles. The van der Waals surface area contributed by atoms with Crippen molar-refractivity contribution in [1.82, 2.24) is 25.1 Å². The summed E-state index contributed by atoms with van der Waals surface area (Å²) < 4.78 is 7.61. The van der Waals surface area contributed by atoms with E-state index in [4.69, 9.17) is 4.74 Å². The lowest BCUT2D eigenvalue weighted by Gasteiger charge is -2.29. The molecule has 7 nitrogen and oxygen atoms in total. The van der Waals surface area contributed by atoms with Gasteiger partial charge in [0, 0.05) is 29.7 Å². The number of carbonyl (C=O) groups is 1. The minimum Gasteiger partial charge on any atom is -0.494 e. The maximum absolute atomic E-state index is 13.1. The van der Waals surface area contributed by atoms with Crippen molar-refractivity contribution in [3.05, 3.63) is 48.8 Å². The molecule has 5 atom stereocenters. The van der Waals surface area contributed by atoms with Gasteiger partial charge < -0.3 is 10.1 Å². The summed E-state index contributed by atoms with van der Waals surface area (Å²) in [6, 6.07) is 11.9. The number of aromatic nitrogens is 4. The Bertz CT molecular complexity index is 1150. The van der Waals surface area contributed by atoms with Crippen molar-refractivity contribution in [2.75, 3.05) is 6.61 Å².